The van der Waals surface area contributed by atoms with E-state index >= 15 is 0 Å². The second-order valence-electron chi connectivity index (χ2n) is 5.79. The molecule has 1 fully saturated rings. The molecule has 0 aromatic carbocycles. The normalized spacial score (nSPS) is 17.6. The van der Waals surface area contributed by atoms with E-state index in [4.69, 9.17) is 4.74 Å². The predicted molar refractivity (Wildman–Crippen MR) is 75.6 cm³/mol. The Bertz CT molecular complexity index is 342. The fourth-order valence-corrected chi connectivity index (χ4v) is 2.02. The fourth-order valence-electron chi connectivity index (χ4n) is 2.02. The molecule has 1 aliphatic rings. The Morgan fingerprint density at radius 2 is 2.00 bits per heavy atom. The summed E-state index contributed by atoms with van der Waals surface area (Å²) in [5, 5.41) is 14.5. The third-order valence-electron chi connectivity index (χ3n) is 3.52. The van der Waals surface area contributed by atoms with Gasteiger partial charge in [-0.1, -0.05) is 0 Å². The van der Waals surface area contributed by atoms with E-state index < -0.39 is 17.5 Å². The summed E-state index contributed by atoms with van der Waals surface area (Å²) in [6.07, 6.45) is 3.62. The number of carbonyl (C=O) groups is 2. The van der Waals surface area contributed by atoms with E-state index in [-0.39, 0.29) is 12.0 Å². The first-order chi connectivity index (χ1) is 9.36. The minimum Gasteiger partial charge on any atom is -0.480 e. The first kappa shape index (κ1) is 16.8. The van der Waals surface area contributed by atoms with Crippen LogP contribution in [0.25, 0.3) is 0 Å². The van der Waals surface area contributed by atoms with Crippen molar-refractivity contribution in [3.63, 3.8) is 0 Å². The van der Waals surface area contributed by atoms with Crippen LogP contribution in [0, 0.1) is 5.92 Å². The van der Waals surface area contributed by atoms with E-state index in [2.05, 4.69) is 10.6 Å². The standard InChI is InChI=1S/C14H26N2O4/c1-10(2)20-9-5-4-8-15-13(19)16-14(3,12(17)18)11-6-7-11/h10-11H,4-9H2,1-3H3,(H,17,18)(H2,15,16,19). The van der Waals surface area contributed by atoms with Gasteiger partial charge in [-0.25, -0.2) is 9.59 Å². The largest absolute Gasteiger partial charge is 0.480 e. The summed E-state index contributed by atoms with van der Waals surface area (Å²) in [4.78, 5) is 23.0. The lowest BCUT2D eigenvalue weighted by molar-refractivity contribution is -0.144. The number of hydrogen-bond acceptors (Lipinski definition) is 3. The monoisotopic (exact) mass is 286 g/mol. The Morgan fingerprint density at radius 3 is 2.50 bits per heavy atom. The summed E-state index contributed by atoms with van der Waals surface area (Å²) in [7, 11) is 0. The van der Waals surface area contributed by atoms with Crippen LogP contribution in [0.15, 0.2) is 0 Å². The second-order valence-corrected chi connectivity index (χ2v) is 5.79. The van der Waals surface area contributed by atoms with Crippen molar-refractivity contribution in [1.29, 1.82) is 0 Å². The van der Waals surface area contributed by atoms with Crippen molar-refractivity contribution in [2.75, 3.05) is 13.2 Å². The minimum absolute atomic E-state index is 0.0465. The number of carboxylic acids is 1. The highest BCUT2D eigenvalue weighted by Crippen LogP contribution is 2.39. The molecule has 0 aromatic rings. The molecule has 6 nitrogen and oxygen atoms in total. The fraction of sp³-hybridized carbons (Fsp3) is 0.857. The highest BCUT2D eigenvalue weighted by atomic mass is 16.5. The SMILES string of the molecule is CC(C)OCCCCNC(=O)NC(C)(C(=O)O)C1CC1. The molecule has 1 aliphatic carbocycles. The van der Waals surface area contributed by atoms with Gasteiger partial charge in [0.05, 0.1) is 6.10 Å². The van der Waals surface area contributed by atoms with E-state index in [1.165, 1.54) is 0 Å². The number of unbranched alkanes of at least 4 members (excludes halogenated alkanes) is 1. The predicted octanol–water partition coefficient (Wildman–Crippen LogP) is 1.74. The first-order valence-corrected chi connectivity index (χ1v) is 7.27. The molecule has 1 unspecified atom stereocenters. The van der Waals surface area contributed by atoms with Crippen molar-refractivity contribution in [1.82, 2.24) is 10.6 Å². The number of rotatable bonds is 9. The van der Waals surface area contributed by atoms with E-state index in [1.54, 1.807) is 6.92 Å². The van der Waals surface area contributed by atoms with Crippen molar-refractivity contribution >= 4 is 12.0 Å². The molecule has 1 atom stereocenters. The van der Waals surface area contributed by atoms with Crippen LogP contribution in [0.1, 0.15) is 46.5 Å². The number of urea groups is 1. The lowest BCUT2D eigenvalue weighted by Crippen LogP contribution is -2.56. The van der Waals surface area contributed by atoms with Gasteiger partial charge in [0, 0.05) is 13.2 Å². The van der Waals surface area contributed by atoms with Crippen LogP contribution in [0.2, 0.25) is 0 Å². The zero-order chi connectivity index (χ0) is 15.2. The van der Waals surface area contributed by atoms with Gasteiger partial charge in [-0.05, 0) is 52.4 Å². The molecular formula is C14H26N2O4. The summed E-state index contributed by atoms with van der Waals surface area (Å²) >= 11 is 0. The molecule has 3 N–H and O–H groups in total. The molecule has 1 rings (SSSR count). The van der Waals surface area contributed by atoms with Crippen LogP contribution in [0.4, 0.5) is 4.79 Å². The first-order valence-electron chi connectivity index (χ1n) is 7.27. The van der Waals surface area contributed by atoms with E-state index in [0.29, 0.717) is 13.2 Å². The summed E-state index contributed by atoms with van der Waals surface area (Å²) in [6, 6.07) is -0.411. The average molecular weight is 286 g/mol. The van der Waals surface area contributed by atoms with Gasteiger partial charge in [-0.2, -0.15) is 0 Å². The lowest BCUT2D eigenvalue weighted by Gasteiger charge is -2.26. The molecule has 116 valence electrons. The van der Waals surface area contributed by atoms with Gasteiger partial charge in [0.2, 0.25) is 0 Å². The van der Waals surface area contributed by atoms with Crippen molar-refractivity contribution in [3.8, 4) is 0 Å². The Labute approximate surface area is 120 Å². The maximum Gasteiger partial charge on any atom is 0.329 e. The third kappa shape index (κ3) is 5.36. The summed E-state index contributed by atoms with van der Waals surface area (Å²) < 4.78 is 5.39. The van der Waals surface area contributed by atoms with Gasteiger partial charge in [0.15, 0.2) is 0 Å². The Kier molecular flexibility index (Phi) is 6.26. The van der Waals surface area contributed by atoms with Crippen LogP contribution >= 0.6 is 0 Å². The number of nitrogens with one attached hydrogen (secondary N) is 2. The van der Waals surface area contributed by atoms with Gasteiger partial charge < -0.3 is 20.5 Å². The molecule has 6 heteroatoms. The van der Waals surface area contributed by atoms with Gasteiger partial charge in [-0.15, -0.1) is 0 Å². The molecule has 0 bridgehead atoms. The third-order valence-corrected chi connectivity index (χ3v) is 3.52. The molecule has 0 heterocycles. The van der Waals surface area contributed by atoms with Gasteiger partial charge in [0.25, 0.3) is 0 Å². The van der Waals surface area contributed by atoms with Gasteiger partial charge in [-0.3, -0.25) is 0 Å². The molecule has 0 spiro atoms. The molecule has 2 amide bonds. The van der Waals surface area contributed by atoms with E-state index in [9.17, 15) is 14.7 Å². The van der Waals surface area contributed by atoms with Gasteiger partial charge in [0.1, 0.15) is 5.54 Å². The Hall–Kier alpha value is -1.30. The van der Waals surface area contributed by atoms with Crippen LogP contribution in [-0.2, 0) is 9.53 Å². The quantitative estimate of drug-likeness (QED) is 0.563. The highest BCUT2D eigenvalue weighted by Gasteiger charge is 2.48. The molecule has 0 saturated heterocycles. The summed E-state index contributed by atoms with van der Waals surface area (Å²) in [5.41, 5.74) is -1.15. The topological polar surface area (TPSA) is 87.7 Å². The van der Waals surface area contributed by atoms with Crippen LogP contribution in [0.5, 0.6) is 0 Å². The lowest BCUT2D eigenvalue weighted by atomic mass is 9.96. The Balaban J connectivity index is 2.18. The number of amides is 2. The summed E-state index contributed by atoms with van der Waals surface area (Å²) in [6.45, 7) is 6.74. The van der Waals surface area contributed by atoms with E-state index in [0.717, 1.165) is 25.7 Å². The number of hydrogen-bond donors (Lipinski definition) is 3. The summed E-state index contributed by atoms with van der Waals surface area (Å²) in [5.74, 6) is -0.925. The minimum atomic E-state index is -1.15. The maximum atomic E-state index is 11.7. The number of carboxylic acid groups (broad SMARTS) is 1. The van der Waals surface area contributed by atoms with Crippen LogP contribution in [-0.4, -0.2) is 41.9 Å². The molecule has 0 radical (unpaired) electrons. The molecule has 1 saturated carbocycles. The van der Waals surface area contributed by atoms with Crippen LogP contribution in [0.3, 0.4) is 0 Å². The van der Waals surface area contributed by atoms with Crippen molar-refractivity contribution < 1.29 is 19.4 Å². The highest BCUT2D eigenvalue weighted by molar-refractivity contribution is 5.86. The zero-order valence-electron chi connectivity index (χ0n) is 12.6. The number of aliphatic carboxylic acids is 1. The van der Waals surface area contributed by atoms with Crippen LogP contribution < -0.4 is 10.6 Å². The Morgan fingerprint density at radius 1 is 1.35 bits per heavy atom. The smallest absolute Gasteiger partial charge is 0.329 e. The average Bonchev–Trinajstić information content (AvgIpc) is 3.17. The molecular weight excluding hydrogens is 260 g/mol. The van der Waals surface area contributed by atoms with Crippen molar-refractivity contribution in [2.45, 2.75) is 58.1 Å². The second kappa shape index (κ2) is 7.47. The van der Waals surface area contributed by atoms with Crippen molar-refractivity contribution in [2.24, 2.45) is 5.92 Å². The van der Waals surface area contributed by atoms with Crippen molar-refractivity contribution in [3.05, 3.63) is 0 Å². The van der Waals surface area contributed by atoms with Gasteiger partial charge >= 0.3 is 12.0 Å². The number of ether oxygens (including phenoxy) is 1. The number of carbonyl (C=O) groups excluding carboxylic acids is 1. The molecule has 0 aromatic heterocycles. The molecule has 0 aliphatic heterocycles. The maximum absolute atomic E-state index is 11.7. The van der Waals surface area contributed by atoms with E-state index in [1.807, 2.05) is 13.8 Å². The zero-order valence-corrected chi connectivity index (χ0v) is 12.6. The molecule has 20 heavy (non-hydrogen) atoms.